The number of phenols is 1. The van der Waals surface area contributed by atoms with Crippen molar-refractivity contribution in [2.45, 2.75) is 20.0 Å². The number of carbonyl (C=O) groups excluding carboxylic acids is 2. The first kappa shape index (κ1) is 16.5. The number of carbonyl (C=O) groups is 2. The van der Waals surface area contributed by atoms with Gasteiger partial charge in [-0.1, -0.05) is 6.07 Å². The number of ketones is 1. The zero-order valence-corrected chi connectivity index (χ0v) is 13.0. The van der Waals surface area contributed by atoms with Gasteiger partial charge in [-0.25, -0.2) is 4.79 Å². The number of Topliss-reactive ketones (excluding diaryl/α,β-unsaturated/α-hetero) is 1. The molecule has 0 amide bonds. The zero-order valence-electron chi connectivity index (χ0n) is 13.0. The molecule has 23 heavy (non-hydrogen) atoms. The van der Waals surface area contributed by atoms with Gasteiger partial charge in [0.2, 0.25) is 5.78 Å². The van der Waals surface area contributed by atoms with E-state index in [1.807, 2.05) is 6.92 Å². The lowest BCUT2D eigenvalue weighted by Gasteiger charge is -2.13. The van der Waals surface area contributed by atoms with Gasteiger partial charge in [0.15, 0.2) is 6.10 Å². The lowest BCUT2D eigenvalue weighted by Crippen LogP contribution is -2.24. The van der Waals surface area contributed by atoms with Gasteiger partial charge in [0, 0.05) is 5.56 Å². The summed E-state index contributed by atoms with van der Waals surface area (Å²) in [4.78, 5) is 24.3. The minimum atomic E-state index is -0.928. The van der Waals surface area contributed by atoms with E-state index >= 15 is 0 Å². The van der Waals surface area contributed by atoms with Crippen LogP contribution in [0.15, 0.2) is 48.5 Å². The van der Waals surface area contributed by atoms with Crippen LogP contribution in [0.2, 0.25) is 0 Å². The number of esters is 1. The molecule has 0 unspecified atom stereocenters. The number of aromatic hydroxyl groups is 1. The Hall–Kier alpha value is -2.82. The summed E-state index contributed by atoms with van der Waals surface area (Å²) in [5.41, 5.74) is 0.626. The van der Waals surface area contributed by atoms with E-state index in [0.717, 1.165) is 0 Å². The van der Waals surface area contributed by atoms with E-state index in [-0.39, 0.29) is 17.1 Å². The third kappa shape index (κ3) is 4.32. The molecule has 1 N–H and O–H groups in total. The maximum Gasteiger partial charge on any atom is 0.338 e. The molecule has 0 aromatic heterocycles. The topological polar surface area (TPSA) is 72.8 Å². The van der Waals surface area contributed by atoms with Crippen LogP contribution in [0, 0.1) is 0 Å². The fourth-order valence-corrected chi connectivity index (χ4v) is 2.03. The number of rotatable bonds is 6. The average Bonchev–Trinajstić information content (AvgIpc) is 2.55. The first-order valence-corrected chi connectivity index (χ1v) is 7.28. The molecule has 2 rings (SSSR count). The van der Waals surface area contributed by atoms with Crippen LogP contribution in [-0.2, 0) is 4.74 Å². The summed E-state index contributed by atoms with van der Waals surface area (Å²) in [6, 6.07) is 12.4. The summed E-state index contributed by atoms with van der Waals surface area (Å²) < 4.78 is 10.5. The molecule has 0 aliphatic heterocycles. The summed E-state index contributed by atoms with van der Waals surface area (Å²) in [6.45, 7) is 3.94. The van der Waals surface area contributed by atoms with Gasteiger partial charge in [-0.15, -0.1) is 0 Å². The minimum Gasteiger partial charge on any atom is -0.508 e. The Morgan fingerprint density at radius 3 is 2.39 bits per heavy atom. The van der Waals surface area contributed by atoms with Crippen LogP contribution in [0.5, 0.6) is 11.5 Å². The highest BCUT2D eigenvalue weighted by atomic mass is 16.5. The van der Waals surface area contributed by atoms with Crippen LogP contribution in [0.4, 0.5) is 0 Å². The molecule has 2 aromatic rings. The maximum atomic E-state index is 12.3. The second-order valence-corrected chi connectivity index (χ2v) is 4.92. The molecule has 0 spiro atoms. The zero-order chi connectivity index (χ0) is 16.8. The van der Waals surface area contributed by atoms with Crippen molar-refractivity contribution in [2.24, 2.45) is 0 Å². The first-order valence-electron chi connectivity index (χ1n) is 7.28. The summed E-state index contributed by atoms with van der Waals surface area (Å²) in [5.74, 6) is -0.326. The third-order valence-electron chi connectivity index (χ3n) is 3.18. The maximum absolute atomic E-state index is 12.3. The van der Waals surface area contributed by atoms with Crippen LogP contribution >= 0.6 is 0 Å². The van der Waals surface area contributed by atoms with Gasteiger partial charge in [0.05, 0.1) is 12.2 Å². The van der Waals surface area contributed by atoms with Crippen LogP contribution in [-0.4, -0.2) is 29.6 Å². The standard InChI is InChI=1S/C18H18O5/c1-3-22-16-9-7-13(8-10-16)17(20)12(2)23-18(21)14-5-4-6-15(19)11-14/h4-12,19H,3H2,1-2H3/t12-/m0/s1. The minimum absolute atomic E-state index is 0.0371. The summed E-state index contributed by atoms with van der Waals surface area (Å²) >= 11 is 0. The molecule has 5 heteroatoms. The van der Waals surface area contributed by atoms with E-state index in [1.165, 1.54) is 31.2 Å². The van der Waals surface area contributed by atoms with Crippen LogP contribution in [0.1, 0.15) is 34.6 Å². The Morgan fingerprint density at radius 2 is 1.78 bits per heavy atom. The number of ether oxygens (including phenoxy) is 2. The molecule has 2 aromatic carbocycles. The Morgan fingerprint density at radius 1 is 1.09 bits per heavy atom. The first-order chi connectivity index (χ1) is 11.0. The van der Waals surface area contributed by atoms with Crippen molar-refractivity contribution in [3.63, 3.8) is 0 Å². The highest BCUT2D eigenvalue weighted by Crippen LogP contribution is 2.16. The lowest BCUT2D eigenvalue weighted by molar-refractivity contribution is 0.0318. The third-order valence-corrected chi connectivity index (χ3v) is 3.18. The Labute approximate surface area is 134 Å². The Bertz CT molecular complexity index is 691. The Balaban J connectivity index is 2.03. The second-order valence-electron chi connectivity index (χ2n) is 4.92. The fourth-order valence-electron chi connectivity index (χ4n) is 2.03. The molecule has 0 aliphatic rings. The molecule has 120 valence electrons. The smallest absolute Gasteiger partial charge is 0.338 e. The largest absolute Gasteiger partial charge is 0.508 e. The van der Waals surface area contributed by atoms with Crippen molar-refractivity contribution in [1.29, 1.82) is 0 Å². The lowest BCUT2D eigenvalue weighted by atomic mass is 10.1. The van der Waals surface area contributed by atoms with Gasteiger partial charge in [0.1, 0.15) is 11.5 Å². The molecule has 5 nitrogen and oxygen atoms in total. The predicted octanol–water partition coefficient (Wildman–Crippen LogP) is 3.22. The molecule has 0 saturated carbocycles. The van der Waals surface area contributed by atoms with E-state index < -0.39 is 12.1 Å². The molecule has 0 radical (unpaired) electrons. The van der Waals surface area contributed by atoms with Gasteiger partial charge in [-0.3, -0.25) is 4.79 Å². The van der Waals surface area contributed by atoms with Crippen LogP contribution in [0.3, 0.4) is 0 Å². The van der Waals surface area contributed by atoms with Crippen molar-refractivity contribution in [3.8, 4) is 11.5 Å². The molecule has 0 aliphatic carbocycles. The van der Waals surface area contributed by atoms with Crippen molar-refractivity contribution in [3.05, 3.63) is 59.7 Å². The molecule has 1 atom stereocenters. The highest BCUT2D eigenvalue weighted by molar-refractivity contribution is 6.01. The number of phenolic OH excluding ortho intramolecular Hbond substituents is 1. The SMILES string of the molecule is CCOc1ccc(C(=O)[C@H](C)OC(=O)c2cccc(O)c2)cc1. The number of hydrogen-bond acceptors (Lipinski definition) is 5. The van der Waals surface area contributed by atoms with Crippen molar-refractivity contribution in [1.82, 2.24) is 0 Å². The number of hydrogen-bond donors (Lipinski definition) is 1. The molecule has 0 saturated heterocycles. The summed E-state index contributed by atoms with van der Waals surface area (Å²) in [7, 11) is 0. The number of benzene rings is 2. The van der Waals surface area contributed by atoms with Crippen molar-refractivity contribution < 1.29 is 24.2 Å². The van der Waals surface area contributed by atoms with E-state index in [4.69, 9.17) is 9.47 Å². The van der Waals surface area contributed by atoms with E-state index in [2.05, 4.69) is 0 Å². The fraction of sp³-hybridized carbons (Fsp3) is 0.222. The molecular weight excluding hydrogens is 296 g/mol. The van der Waals surface area contributed by atoms with Gasteiger partial charge < -0.3 is 14.6 Å². The van der Waals surface area contributed by atoms with E-state index in [0.29, 0.717) is 17.9 Å². The molecule has 0 bridgehead atoms. The highest BCUT2D eigenvalue weighted by Gasteiger charge is 2.20. The van der Waals surface area contributed by atoms with Crippen LogP contribution < -0.4 is 4.74 Å². The monoisotopic (exact) mass is 314 g/mol. The molecule has 0 fully saturated rings. The van der Waals surface area contributed by atoms with E-state index in [9.17, 15) is 14.7 Å². The van der Waals surface area contributed by atoms with Gasteiger partial charge in [-0.05, 0) is 56.3 Å². The quantitative estimate of drug-likeness (QED) is 0.654. The van der Waals surface area contributed by atoms with Crippen molar-refractivity contribution in [2.75, 3.05) is 6.61 Å². The molecular formula is C18H18O5. The average molecular weight is 314 g/mol. The summed E-state index contributed by atoms with van der Waals surface area (Å²) in [6.07, 6.45) is -0.928. The molecule has 0 heterocycles. The van der Waals surface area contributed by atoms with Gasteiger partial charge >= 0.3 is 5.97 Å². The predicted molar refractivity (Wildman–Crippen MR) is 84.9 cm³/mol. The normalized spacial score (nSPS) is 11.6. The van der Waals surface area contributed by atoms with Gasteiger partial charge in [-0.2, -0.15) is 0 Å². The second kappa shape index (κ2) is 7.45. The van der Waals surface area contributed by atoms with Gasteiger partial charge in [0.25, 0.3) is 0 Å². The van der Waals surface area contributed by atoms with E-state index in [1.54, 1.807) is 24.3 Å². The van der Waals surface area contributed by atoms with Crippen molar-refractivity contribution >= 4 is 11.8 Å². The van der Waals surface area contributed by atoms with Crippen LogP contribution in [0.25, 0.3) is 0 Å². The summed E-state index contributed by atoms with van der Waals surface area (Å²) in [5, 5.41) is 9.37. The Kier molecular flexibility index (Phi) is 5.36.